The third kappa shape index (κ3) is 6.40. The van der Waals surface area contributed by atoms with Crippen molar-refractivity contribution in [3.05, 3.63) is 77.9 Å². The lowest BCUT2D eigenvalue weighted by Crippen LogP contribution is -2.52. The number of para-hydroxylation sites is 2. The van der Waals surface area contributed by atoms with Gasteiger partial charge in [0.15, 0.2) is 23.0 Å². The van der Waals surface area contributed by atoms with Gasteiger partial charge in [0.2, 0.25) is 17.8 Å². The molecule has 0 saturated heterocycles. The number of nitrogens with zero attached hydrogens (tertiary/aromatic N) is 1. The minimum absolute atomic E-state index is 0.0212. The predicted molar refractivity (Wildman–Crippen MR) is 157 cm³/mol. The molecule has 0 unspecified atom stereocenters. The molecule has 5 rings (SSSR count). The fourth-order valence-corrected chi connectivity index (χ4v) is 5.66. The number of amides is 2. The van der Waals surface area contributed by atoms with Crippen LogP contribution < -0.4 is 29.0 Å². The van der Waals surface area contributed by atoms with Crippen LogP contribution in [-0.2, 0) is 16.1 Å². The fourth-order valence-electron chi connectivity index (χ4n) is 5.66. The molecule has 0 bridgehead atoms. The third-order valence-electron chi connectivity index (χ3n) is 7.78. The maximum atomic E-state index is 14.4. The maximum Gasteiger partial charge on any atom is 0.268 e. The standard InChI is InChI=1S/C33H38N2O7/c1-38-27-18-23(19-28(39-2)31(27)40-3)30(32(36)34-24-14-8-5-9-15-24)35(20-22-12-6-4-7-13-22)33(37)29-21-41-25-16-10-11-17-26(25)42-29/h4,6-7,10-13,16-19,24,29-30H,5,8-9,14-15,20-21H2,1-3H3,(H,34,36)/t29-,30-/m1/s1. The summed E-state index contributed by atoms with van der Waals surface area (Å²) >= 11 is 0. The number of rotatable bonds is 10. The molecule has 0 aromatic heterocycles. The molecular formula is C33H38N2O7. The Bertz CT molecular complexity index is 1350. The van der Waals surface area contributed by atoms with Crippen molar-refractivity contribution in [1.29, 1.82) is 0 Å². The van der Waals surface area contributed by atoms with Crippen LogP contribution in [0.4, 0.5) is 0 Å². The number of ether oxygens (including phenoxy) is 5. The normalized spacial score (nSPS) is 17.1. The van der Waals surface area contributed by atoms with Crippen molar-refractivity contribution in [2.45, 2.75) is 56.8 Å². The summed E-state index contributed by atoms with van der Waals surface area (Å²) in [4.78, 5) is 30.3. The van der Waals surface area contributed by atoms with Crippen molar-refractivity contribution in [2.75, 3.05) is 27.9 Å². The summed E-state index contributed by atoms with van der Waals surface area (Å²) in [5.74, 6) is 1.59. The zero-order valence-corrected chi connectivity index (χ0v) is 24.3. The van der Waals surface area contributed by atoms with E-state index >= 15 is 0 Å². The smallest absolute Gasteiger partial charge is 0.268 e. The monoisotopic (exact) mass is 574 g/mol. The van der Waals surface area contributed by atoms with E-state index in [0.717, 1.165) is 37.7 Å². The zero-order valence-electron chi connectivity index (χ0n) is 24.3. The van der Waals surface area contributed by atoms with Crippen LogP contribution in [0.1, 0.15) is 49.3 Å². The van der Waals surface area contributed by atoms with Crippen molar-refractivity contribution in [3.8, 4) is 28.7 Å². The molecule has 2 aliphatic rings. The van der Waals surface area contributed by atoms with E-state index in [1.54, 1.807) is 29.2 Å². The first kappa shape index (κ1) is 29.1. The van der Waals surface area contributed by atoms with E-state index < -0.39 is 12.1 Å². The second-order valence-corrected chi connectivity index (χ2v) is 10.5. The van der Waals surface area contributed by atoms with E-state index in [1.165, 1.54) is 21.3 Å². The molecule has 3 aromatic rings. The van der Waals surface area contributed by atoms with E-state index in [-0.39, 0.29) is 31.0 Å². The molecule has 0 radical (unpaired) electrons. The van der Waals surface area contributed by atoms with Crippen LogP contribution in [0.15, 0.2) is 66.7 Å². The highest BCUT2D eigenvalue weighted by Crippen LogP contribution is 2.41. The second kappa shape index (κ2) is 13.5. The Morgan fingerprint density at radius 1 is 0.881 bits per heavy atom. The van der Waals surface area contributed by atoms with Crippen LogP contribution in [0, 0.1) is 0 Å². The van der Waals surface area contributed by atoms with E-state index in [9.17, 15) is 9.59 Å². The Morgan fingerprint density at radius 2 is 1.52 bits per heavy atom. The number of hydrogen-bond acceptors (Lipinski definition) is 7. The van der Waals surface area contributed by atoms with Gasteiger partial charge in [0.25, 0.3) is 5.91 Å². The van der Waals surface area contributed by atoms with Crippen LogP contribution in [0.25, 0.3) is 0 Å². The maximum absolute atomic E-state index is 14.4. The highest BCUT2D eigenvalue weighted by Gasteiger charge is 2.39. The molecule has 0 spiro atoms. The van der Waals surface area contributed by atoms with Crippen molar-refractivity contribution >= 4 is 11.8 Å². The SMILES string of the molecule is COc1cc([C@H](C(=O)NC2CCCCC2)N(Cc2ccccc2)C(=O)[C@H]2COc3ccccc3O2)cc(OC)c1OC. The number of nitrogens with one attached hydrogen (secondary N) is 1. The molecule has 222 valence electrons. The molecule has 2 amide bonds. The van der Waals surface area contributed by atoms with Gasteiger partial charge in [-0.25, -0.2) is 0 Å². The highest BCUT2D eigenvalue weighted by molar-refractivity contribution is 5.91. The number of methoxy groups -OCH3 is 3. The molecule has 1 saturated carbocycles. The second-order valence-electron chi connectivity index (χ2n) is 10.5. The van der Waals surface area contributed by atoms with E-state index in [1.807, 2.05) is 42.5 Å². The van der Waals surface area contributed by atoms with Gasteiger partial charge in [0.1, 0.15) is 12.6 Å². The Labute approximate surface area is 246 Å². The number of hydrogen-bond donors (Lipinski definition) is 1. The number of carbonyl (C=O) groups is 2. The van der Waals surface area contributed by atoms with Gasteiger partial charge in [-0.1, -0.05) is 61.7 Å². The van der Waals surface area contributed by atoms with Crippen LogP contribution >= 0.6 is 0 Å². The minimum Gasteiger partial charge on any atom is -0.493 e. The molecule has 1 N–H and O–H groups in total. The Morgan fingerprint density at radius 3 is 2.17 bits per heavy atom. The summed E-state index contributed by atoms with van der Waals surface area (Å²) < 4.78 is 28.8. The minimum atomic E-state index is -1.02. The van der Waals surface area contributed by atoms with Crippen LogP contribution in [0.2, 0.25) is 0 Å². The summed E-state index contributed by atoms with van der Waals surface area (Å²) in [6.45, 7) is 0.188. The molecule has 42 heavy (non-hydrogen) atoms. The quantitative estimate of drug-likeness (QED) is 0.361. The molecule has 9 heteroatoms. The molecule has 1 aliphatic heterocycles. The van der Waals surface area contributed by atoms with Gasteiger partial charge < -0.3 is 33.9 Å². The molecule has 1 heterocycles. The average Bonchev–Trinajstić information content (AvgIpc) is 3.04. The number of benzene rings is 3. The van der Waals surface area contributed by atoms with Gasteiger partial charge in [-0.3, -0.25) is 9.59 Å². The van der Waals surface area contributed by atoms with Gasteiger partial charge >= 0.3 is 0 Å². The number of fused-ring (bicyclic) bond motifs is 1. The summed E-state index contributed by atoms with van der Waals surface area (Å²) in [6, 6.07) is 19.3. The lowest BCUT2D eigenvalue weighted by molar-refractivity contribution is -0.149. The van der Waals surface area contributed by atoms with Crippen molar-refractivity contribution in [3.63, 3.8) is 0 Å². The summed E-state index contributed by atoms with van der Waals surface area (Å²) in [7, 11) is 4.57. The molecule has 3 aromatic carbocycles. The molecular weight excluding hydrogens is 536 g/mol. The van der Waals surface area contributed by atoms with E-state index in [2.05, 4.69) is 5.32 Å². The lowest BCUT2D eigenvalue weighted by atomic mass is 9.94. The van der Waals surface area contributed by atoms with Gasteiger partial charge in [0.05, 0.1) is 21.3 Å². The van der Waals surface area contributed by atoms with Gasteiger partial charge in [0, 0.05) is 12.6 Å². The van der Waals surface area contributed by atoms with Gasteiger partial charge in [-0.15, -0.1) is 0 Å². The van der Waals surface area contributed by atoms with Crippen molar-refractivity contribution < 1.29 is 33.3 Å². The first-order chi connectivity index (χ1) is 20.5. The predicted octanol–water partition coefficient (Wildman–Crippen LogP) is 5.07. The first-order valence-corrected chi connectivity index (χ1v) is 14.4. The van der Waals surface area contributed by atoms with Gasteiger partial charge in [-0.2, -0.15) is 0 Å². The van der Waals surface area contributed by atoms with E-state index in [0.29, 0.717) is 34.3 Å². The lowest BCUT2D eigenvalue weighted by Gasteiger charge is -2.36. The zero-order chi connectivity index (χ0) is 29.5. The first-order valence-electron chi connectivity index (χ1n) is 14.4. The Kier molecular flexibility index (Phi) is 9.36. The Hall–Kier alpha value is -4.40. The fraction of sp³-hybridized carbons (Fsp3) is 0.394. The highest BCUT2D eigenvalue weighted by atomic mass is 16.6. The van der Waals surface area contributed by atoms with Crippen molar-refractivity contribution in [2.24, 2.45) is 0 Å². The van der Waals surface area contributed by atoms with Crippen LogP contribution in [0.5, 0.6) is 28.7 Å². The molecule has 1 fully saturated rings. The third-order valence-corrected chi connectivity index (χ3v) is 7.78. The largest absolute Gasteiger partial charge is 0.493 e. The van der Waals surface area contributed by atoms with Crippen molar-refractivity contribution in [1.82, 2.24) is 10.2 Å². The topological polar surface area (TPSA) is 95.6 Å². The molecule has 2 atom stereocenters. The average molecular weight is 575 g/mol. The van der Waals surface area contributed by atoms with Crippen LogP contribution in [0.3, 0.4) is 0 Å². The van der Waals surface area contributed by atoms with E-state index in [4.69, 9.17) is 23.7 Å². The molecule has 9 nitrogen and oxygen atoms in total. The Balaban J connectivity index is 1.58. The van der Waals surface area contributed by atoms with Crippen LogP contribution in [-0.4, -0.2) is 56.8 Å². The molecule has 1 aliphatic carbocycles. The number of carbonyl (C=O) groups excluding carboxylic acids is 2. The van der Waals surface area contributed by atoms with Gasteiger partial charge in [-0.05, 0) is 48.2 Å². The summed E-state index contributed by atoms with van der Waals surface area (Å²) in [6.07, 6.45) is 4.11. The summed E-state index contributed by atoms with van der Waals surface area (Å²) in [5, 5.41) is 3.24. The summed E-state index contributed by atoms with van der Waals surface area (Å²) in [5.41, 5.74) is 1.39.